The maximum atomic E-state index is 17.2. The lowest BCUT2D eigenvalue weighted by atomic mass is 9.44. The van der Waals surface area contributed by atoms with Crippen LogP contribution in [-0.2, 0) is 19.1 Å². The first-order chi connectivity index (χ1) is 15.3. The second-order valence-electron chi connectivity index (χ2n) is 10.6. The molecule has 5 nitrogen and oxygen atoms in total. The van der Waals surface area contributed by atoms with E-state index in [0.29, 0.717) is 6.42 Å². The molecule has 9 atom stereocenters. The number of ether oxygens (including phenoxy) is 1. The number of aliphatic hydroxyl groups is 1. The molecule has 0 aliphatic heterocycles. The molecule has 4 aliphatic carbocycles. The number of rotatable bonds is 4. The Balaban J connectivity index is 1.88. The fraction of sp³-hybridized carbons (Fsp3) is 0.720. The largest absolute Gasteiger partial charge is 0.450 e. The van der Waals surface area contributed by atoms with Crippen molar-refractivity contribution in [1.29, 1.82) is 0 Å². The lowest BCUT2D eigenvalue weighted by Crippen LogP contribution is -2.71. The highest BCUT2D eigenvalue weighted by atomic mass is 35.5. The lowest BCUT2D eigenvalue weighted by Gasteiger charge is -2.63. The average molecular weight is 485 g/mol. The van der Waals surface area contributed by atoms with E-state index in [0.717, 1.165) is 6.08 Å². The van der Waals surface area contributed by atoms with Gasteiger partial charge in [0.2, 0.25) is 0 Å². The van der Waals surface area contributed by atoms with Crippen molar-refractivity contribution in [1.82, 2.24) is 0 Å². The van der Waals surface area contributed by atoms with Crippen LogP contribution < -0.4 is 0 Å². The Morgan fingerprint density at radius 2 is 1.94 bits per heavy atom. The van der Waals surface area contributed by atoms with Crippen LogP contribution >= 0.6 is 11.6 Å². The number of carbonyl (C=O) groups is 3. The maximum Gasteiger partial charge on any atom is 0.306 e. The Bertz CT molecular complexity index is 964. The number of carbonyl (C=O) groups excluding carboxylic acids is 3. The predicted molar refractivity (Wildman–Crippen MR) is 118 cm³/mol. The van der Waals surface area contributed by atoms with Crippen LogP contribution in [0.3, 0.4) is 0 Å². The van der Waals surface area contributed by atoms with E-state index in [1.54, 1.807) is 20.8 Å². The predicted octanol–water partition coefficient (Wildman–Crippen LogP) is 4.05. The van der Waals surface area contributed by atoms with Crippen LogP contribution in [-0.4, -0.2) is 52.1 Å². The third-order valence-corrected chi connectivity index (χ3v) is 9.51. The molecule has 0 spiro atoms. The van der Waals surface area contributed by atoms with E-state index in [4.69, 9.17) is 16.3 Å². The summed E-state index contributed by atoms with van der Waals surface area (Å²) in [6.07, 6.45) is 0.584. The van der Waals surface area contributed by atoms with Gasteiger partial charge >= 0.3 is 5.97 Å². The minimum atomic E-state index is -2.25. The van der Waals surface area contributed by atoms with E-state index in [1.807, 2.05) is 0 Å². The average Bonchev–Trinajstić information content (AvgIpc) is 2.98. The number of fused-ring (bicyclic) bond motifs is 5. The molecule has 4 aliphatic rings. The Hall–Kier alpha value is -1.60. The highest BCUT2D eigenvalue weighted by Crippen LogP contribution is 2.71. The van der Waals surface area contributed by atoms with Gasteiger partial charge in [0.25, 0.3) is 0 Å². The van der Waals surface area contributed by atoms with Crippen molar-refractivity contribution >= 4 is 29.1 Å². The third-order valence-electron chi connectivity index (χ3n) is 9.27. The number of esters is 1. The number of hydrogen-bond acceptors (Lipinski definition) is 5. The molecule has 9 unspecified atom stereocenters. The Morgan fingerprint density at radius 3 is 2.55 bits per heavy atom. The molecule has 0 aromatic rings. The van der Waals surface area contributed by atoms with Crippen molar-refractivity contribution in [2.45, 2.75) is 76.9 Å². The van der Waals surface area contributed by atoms with E-state index in [-0.39, 0.29) is 24.8 Å². The molecule has 3 saturated carbocycles. The van der Waals surface area contributed by atoms with Crippen LogP contribution in [0.1, 0.15) is 53.4 Å². The van der Waals surface area contributed by atoms with Crippen LogP contribution in [0.4, 0.5) is 8.78 Å². The van der Waals surface area contributed by atoms with Gasteiger partial charge in [0, 0.05) is 29.1 Å². The summed E-state index contributed by atoms with van der Waals surface area (Å²) in [5, 5.41) is 11.4. The fourth-order valence-electron chi connectivity index (χ4n) is 7.74. The summed E-state index contributed by atoms with van der Waals surface area (Å²) in [7, 11) is 0. The smallest absolute Gasteiger partial charge is 0.306 e. The number of alkyl halides is 3. The minimum absolute atomic E-state index is 0.0431. The number of aliphatic hydroxyl groups excluding tert-OH is 1. The summed E-state index contributed by atoms with van der Waals surface area (Å²) in [5.41, 5.74) is -6.47. The minimum Gasteiger partial charge on any atom is -0.450 e. The summed E-state index contributed by atoms with van der Waals surface area (Å²) in [6.45, 7) is 6.64. The summed E-state index contributed by atoms with van der Waals surface area (Å²) in [5.74, 6) is -3.84. The van der Waals surface area contributed by atoms with Crippen LogP contribution in [0, 0.1) is 28.6 Å². The zero-order chi connectivity index (χ0) is 24.6. The zero-order valence-corrected chi connectivity index (χ0v) is 20.1. The molecule has 4 rings (SSSR count). The number of allylic oxidation sites excluding steroid dienone is 4. The quantitative estimate of drug-likeness (QED) is 0.481. The third kappa shape index (κ3) is 2.87. The maximum absolute atomic E-state index is 17.2. The van der Waals surface area contributed by atoms with Crippen molar-refractivity contribution in [2.75, 3.05) is 5.88 Å². The van der Waals surface area contributed by atoms with Crippen LogP contribution in [0.2, 0.25) is 0 Å². The second-order valence-corrected chi connectivity index (χ2v) is 10.9. The normalized spacial score (nSPS) is 48.4. The molecular weight excluding hydrogens is 454 g/mol. The van der Waals surface area contributed by atoms with Gasteiger partial charge in [0.15, 0.2) is 22.8 Å². The van der Waals surface area contributed by atoms with E-state index >= 15 is 8.78 Å². The Morgan fingerprint density at radius 1 is 1.27 bits per heavy atom. The highest BCUT2D eigenvalue weighted by Gasteiger charge is 2.77. The van der Waals surface area contributed by atoms with Gasteiger partial charge in [-0.1, -0.05) is 26.8 Å². The number of hydrogen-bond donors (Lipinski definition) is 1. The summed E-state index contributed by atoms with van der Waals surface area (Å²) < 4.78 is 38.5. The van der Waals surface area contributed by atoms with Crippen molar-refractivity contribution in [2.24, 2.45) is 28.6 Å². The van der Waals surface area contributed by atoms with Crippen molar-refractivity contribution < 1.29 is 33.0 Å². The molecule has 3 fully saturated rings. The van der Waals surface area contributed by atoms with E-state index in [1.165, 1.54) is 19.1 Å². The molecule has 8 heteroatoms. The van der Waals surface area contributed by atoms with Gasteiger partial charge in [0.05, 0.1) is 12.0 Å². The number of Topliss-reactive ketones (excluding diaryl/α,β-unsaturated/α-hetero) is 1. The van der Waals surface area contributed by atoms with E-state index in [9.17, 15) is 19.5 Å². The van der Waals surface area contributed by atoms with Gasteiger partial charge in [-0.25, -0.2) is 8.78 Å². The number of halogens is 3. The molecule has 0 radical (unpaired) electrons. The van der Waals surface area contributed by atoms with Gasteiger partial charge in [-0.3, -0.25) is 14.4 Å². The standard InChI is InChI=1S/C25H31ClF2O5/c1-5-21(32)33-25(20(31)12-26)13(2)8-15-16-10-18(27)17-9-14(29)6-7-22(17,3)24(16,28)19(30)11-23(15,25)4/h6-7,9,13,15-16,18-19,30H,5,8,10-12H2,1-4H3. The summed E-state index contributed by atoms with van der Waals surface area (Å²) >= 11 is 5.97. The topological polar surface area (TPSA) is 80.7 Å². The van der Waals surface area contributed by atoms with Gasteiger partial charge < -0.3 is 9.84 Å². The summed E-state index contributed by atoms with van der Waals surface area (Å²) in [6, 6.07) is 0. The Labute approximate surface area is 197 Å². The molecule has 33 heavy (non-hydrogen) atoms. The lowest BCUT2D eigenvalue weighted by molar-refractivity contribution is -0.230. The van der Waals surface area contributed by atoms with Crippen molar-refractivity contribution in [3.63, 3.8) is 0 Å². The first-order valence-corrected chi connectivity index (χ1v) is 12.1. The monoisotopic (exact) mass is 484 g/mol. The number of ketones is 2. The van der Waals surface area contributed by atoms with Crippen LogP contribution in [0.15, 0.2) is 23.8 Å². The molecule has 0 aromatic heterocycles. The molecule has 0 amide bonds. The first kappa shape index (κ1) is 24.5. The molecule has 182 valence electrons. The zero-order valence-electron chi connectivity index (χ0n) is 19.4. The van der Waals surface area contributed by atoms with E-state index in [2.05, 4.69) is 0 Å². The van der Waals surface area contributed by atoms with Gasteiger partial charge in [-0.2, -0.15) is 0 Å². The second kappa shape index (κ2) is 7.70. The Kier molecular flexibility index (Phi) is 5.73. The molecule has 0 bridgehead atoms. The molecule has 0 saturated heterocycles. The highest BCUT2D eigenvalue weighted by molar-refractivity contribution is 6.29. The first-order valence-electron chi connectivity index (χ1n) is 11.6. The summed E-state index contributed by atoms with van der Waals surface area (Å²) in [4.78, 5) is 37.7. The molecule has 0 aromatic carbocycles. The van der Waals surface area contributed by atoms with Gasteiger partial charge in [0.1, 0.15) is 6.17 Å². The van der Waals surface area contributed by atoms with Crippen LogP contribution in [0.5, 0.6) is 0 Å². The van der Waals surface area contributed by atoms with Crippen molar-refractivity contribution in [3.05, 3.63) is 23.8 Å². The molecule has 1 N–H and O–H groups in total. The molecular formula is C25H31ClF2O5. The SMILES string of the molecule is CCC(=O)OC1(C(=O)CCl)C(C)CC2C3CC(F)C4=CC(=O)C=CC4(C)C3(F)C(O)CC21C. The van der Waals surface area contributed by atoms with E-state index < -0.39 is 75.5 Å². The van der Waals surface area contributed by atoms with Crippen LogP contribution in [0.25, 0.3) is 0 Å². The van der Waals surface area contributed by atoms with Crippen molar-refractivity contribution in [3.8, 4) is 0 Å². The fourth-order valence-corrected chi connectivity index (χ4v) is 7.94. The van der Waals surface area contributed by atoms with Gasteiger partial charge in [-0.05, 0) is 49.8 Å². The van der Waals surface area contributed by atoms with Gasteiger partial charge in [-0.15, -0.1) is 11.6 Å². The molecule has 0 heterocycles.